The summed E-state index contributed by atoms with van der Waals surface area (Å²) in [5.41, 5.74) is 1.28. The molecule has 0 bridgehead atoms. The van der Waals surface area contributed by atoms with E-state index in [1.54, 1.807) is 0 Å². The third-order valence-electron chi connectivity index (χ3n) is 4.23. The zero-order valence-corrected chi connectivity index (χ0v) is 13.8. The van der Waals surface area contributed by atoms with Crippen LogP contribution in [0.1, 0.15) is 32.3 Å². The quantitative estimate of drug-likeness (QED) is 0.839. The highest BCUT2D eigenvalue weighted by molar-refractivity contribution is 5.27. The number of hydrogen-bond acceptors (Lipinski definition) is 4. The molecule has 1 unspecified atom stereocenters. The Morgan fingerprint density at radius 3 is 2.73 bits per heavy atom. The molecule has 1 saturated heterocycles. The SMILES string of the molecule is CC(C)Oc1ccc(CNCC2CN(C3CC3)CCO2)cc1. The maximum atomic E-state index is 5.86. The van der Waals surface area contributed by atoms with Gasteiger partial charge in [-0.15, -0.1) is 0 Å². The summed E-state index contributed by atoms with van der Waals surface area (Å²) in [5, 5.41) is 3.52. The van der Waals surface area contributed by atoms with Crippen LogP contribution in [0, 0.1) is 0 Å². The first kappa shape index (κ1) is 15.8. The van der Waals surface area contributed by atoms with Gasteiger partial charge in [0.15, 0.2) is 0 Å². The monoisotopic (exact) mass is 304 g/mol. The van der Waals surface area contributed by atoms with Crippen LogP contribution in [-0.2, 0) is 11.3 Å². The molecule has 1 aliphatic heterocycles. The minimum atomic E-state index is 0.224. The molecule has 1 aliphatic carbocycles. The second kappa shape index (κ2) is 7.44. The maximum absolute atomic E-state index is 5.86. The average Bonchev–Trinajstić information content (AvgIpc) is 3.34. The molecule has 4 heteroatoms. The minimum Gasteiger partial charge on any atom is -0.491 e. The number of rotatable bonds is 7. The summed E-state index contributed by atoms with van der Waals surface area (Å²) >= 11 is 0. The van der Waals surface area contributed by atoms with Crippen LogP contribution in [0.4, 0.5) is 0 Å². The van der Waals surface area contributed by atoms with Gasteiger partial charge in [0.05, 0.1) is 18.8 Å². The molecule has 1 N–H and O–H groups in total. The first-order valence-corrected chi connectivity index (χ1v) is 8.52. The molecule has 1 aromatic rings. The maximum Gasteiger partial charge on any atom is 0.119 e. The predicted octanol–water partition coefficient (Wildman–Crippen LogP) is 2.43. The zero-order valence-electron chi connectivity index (χ0n) is 13.8. The summed E-state index contributed by atoms with van der Waals surface area (Å²) in [7, 11) is 0. The number of nitrogens with one attached hydrogen (secondary N) is 1. The summed E-state index contributed by atoms with van der Waals surface area (Å²) in [6.07, 6.45) is 3.32. The van der Waals surface area contributed by atoms with Crippen molar-refractivity contribution in [2.45, 2.75) is 51.5 Å². The molecule has 1 aromatic carbocycles. The van der Waals surface area contributed by atoms with Gasteiger partial charge in [0, 0.05) is 32.2 Å². The van der Waals surface area contributed by atoms with E-state index in [0.29, 0.717) is 6.10 Å². The molecule has 0 spiro atoms. The van der Waals surface area contributed by atoms with Crippen molar-refractivity contribution in [1.29, 1.82) is 0 Å². The van der Waals surface area contributed by atoms with E-state index in [1.165, 1.54) is 18.4 Å². The summed E-state index contributed by atoms with van der Waals surface area (Å²) < 4.78 is 11.5. The number of benzene rings is 1. The summed E-state index contributed by atoms with van der Waals surface area (Å²) in [5.74, 6) is 0.939. The Morgan fingerprint density at radius 2 is 2.05 bits per heavy atom. The van der Waals surface area contributed by atoms with E-state index in [4.69, 9.17) is 9.47 Å². The van der Waals surface area contributed by atoms with Crippen LogP contribution in [-0.4, -0.2) is 49.4 Å². The smallest absolute Gasteiger partial charge is 0.119 e. The molecular weight excluding hydrogens is 276 g/mol. The number of morpholine rings is 1. The van der Waals surface area contributed by atoms with Crippen LogP contribution in [0.15, 0.2) is 24.3 Å². The lowest BCUT2D eigenvalue weighted by Gasteiger charge is -2.33. The Morgan fingerprint density at radius 1 is 1.27 bits per heavy atom. The normalized spacial score (nSPS) is 23.0. The largest absolute Gasteiger partial charge is 0.491 e. The zero-order chi connectivity index (χ0) is 15.4. The fraction of sp³-hybridized carbons (Fsp3) is 0.667. The van der Waals surface area contributed by atoms with E-state index < -0.39 is 0 Å². The van der Waals surface area contributed by atoms with Crippen molar-refractivity contribution in [1.82, 2.24) is 10.2 Å². The average molecular weight is 304 g/mol. The predicted molar refractivity (Wildman–Crippen MR) is 88.2 cm³/mol. The van der Waals surface area contributed by atoms with Gasteiger partial charge in [-0.05, 0) is 44.4 Å². The molecule has 3 rings (SSSR count). The summed E-state index contributed by atoms with van der Waals surface area (Å²) in [4.78, 5) is 2.59. The molecule has 0 amide bonds. The second-order valence-electron chi connectivity index (χ2n) is 6.66. The van der Waals surface area contributed by atoms with Crippen molar-refractivity contribution < 1.29 is 9.47 Å². The Balaban J connectivity index is 1.38. The standard InChI is InChI=1S/C18H28N2O2/c1-14(2)22-17-7-3-15(4-8-17)11-19-12-18-13-20(9-10-21-18)16-5-6-16/h3-4,7-8,14,16,18-19H,5-6,9-13H2,1-2H3. The molecule has 22 heavy (non-hydrogen) atoms. The van der Waals surface area contributed by atoms with Gasteiger partial charge in [0.25, 0.3) is 0 Å². The van der Waals surface area contributed by atoms with Crippen molar-refractivity contribution in [2.24, 2.45) is 0 Å². The topological polar surface area (TPSA) is 33.7 Å². The second-order valence-corrected chi connectivity index (χ2v) is 6.66. The van der Waals surface area contributed by atoms with Gasteiger partial charge in [-0.1, -0.05) is 12.1 Å². The fourth-order valence-electron chi connectivity index (χ4n) is 2.97. The van der Waals surface area contributed by atoms with Crippen LogP contribution >= 0.6 is 0 Å². The minimum absolute atomic E-state index is 0.224. The fourth-order valence-corrected chi connectivity index (χ4v) is 2.97. The van der Waals surface area contributed by atoms with Crippen molar-refractivity contribution in [3.05, 3.63) is 29.8 Å². The molecular formula is C18H28N2O2. The number of ether oxygens (including phenoxy) is 2. The van der Waals surface area contributed by atoms with Crippen LogP contribution < -0.4 is 10.1 Å². The van der Waals surface area contributed by atoms with Crippen molar-refractivity contribution in [3.8, 4) is 5.75 Å². The Labute approximate surface area is 133 Å². The van der Waals surface area contributed by atoms with E-state index in [-0.39, 0.29) is 6.10 Å². The highest BCUT2D eigenvalue weighted by Crippen LogP contribution is 2.28. The van der Waals surface area contributed by atoms with Gasteiger partial charge >= 0.3 is 0 Å². The molecule has 1 atom stereocenters. The van der Waals surface area contributed by atoms with E-state index in [9.17, 15) is 0 Å². The van der Waals surface area contributed by atoms with Gasteiger partial charge in [0.1, 0.15) is 5.75 Å². The summed E-state index contributed by atoms with van der Waals surface area (Å²) in [6.45, 7) is 8.97. The van der Waals surface area contributed by atoms with E-state index in [1.807, 2.05) is 26.0 Å². The van der Waals surface area contributed by atoms with Gasteiger partial charge in [-0.25, -0.2) is 0 Å². The van der Waals surface area contributed by atoms with Crippen molar-refractivity contribution in [3.63, 3.8) is 0 Å². The van der Waals surface area contributed by atoms with E-state index in [0.717, 1.165) is 44.6 Å². The number of nitrogens with zero attached hydrogens (tertiary/aromatic N) is 1. The Hall–Kier alpha value is -1.10. The van der Waals surface area contributed by atoms with Gasteiger partial charge in [-0.3, -0.25) is 4.90 Å². The molecule has 2 aliphatic rings. The van der Waals surface area contributed by atoms with Gasteiger partial charge < -0.3 is 14.8 Å². The van der Waals surface area contributed by atoms with Crippen LogP contribution in [0.2, 0.25) is 0 Å². The first-order valence-electron chi connectivity index (χ1n) is 8.52. The molecule has 122 valence electrons. The van der Waals surface area contributed by atoms with E-state index in [2.05, 4.69) is 22.3 Å². The first-order chi connectivity index (χ1) is 10.7. The van der Waals surface area contributed by atoms with Gasteiger partial charge in [-0.2, -0.15) is 0 Å². The van der Waals surface area contributed by atoms with E-state index >= 15 is 0 Å². The molecule has 2 fully saturated rings. The highest BCUT2D eigenvalue weighted by atomic mass is 16.5. The third kappa shape index (κ3) is 4.70. The third-order valence-corrected chi connectivity index (χ3v) is 4.23. The van der Waals surface area contributed by atoms with Crippen LogP contribution in [0.3, 0.4) is 0 Å². The van der Waals surface area contributed by atoms with Crippen molar-refractivity contribution in [2.75, 3.05) is 26.2 Å². The molecule has 1 heterocycles. The van der Waals surface area contributed by atoms with Crippen LogP contribution in [0.5, 0.6) is 5.75 Å². The molecule has 1 saturated carbocycles. The molecule has 0 aromatic heterocycles. The van der Waals surface area contributed by atoms with Crippen LogP contribution in [0.25, 0.3) is 0 Å². The lowest BCUT2D eigenvalue weighted by Crippen LogP contribution is -2.47. The lowest BCUT2D eigenvalue weighted by atomic mass is 10.2. The number of hydrogen-bond donors (Lipinski definition) is 1. The molecule has 0 radical (unpaired) electrons. The Kier molecular flexibility index (Phi) is 5.34. The highest BCUT2D eigenvalue weighted by Gasteiger charge is 2.32. The molecule has 4 nitrogen and oxygen atoms in total. The lowest BCUT2D eigenvalue weighted by molar-refractivity contribution is -0.0301. The Bertz CT molecular complexity index is 457. The van der Waals surface area contributed by atoms with Crippen molar-refractivity contribution >= 4 is 0 Å². The van der Waals surface area contributed by atoms with Gasteiger partial charge in [0.2, 0.25) is 0 Å². The summed E-state index contributed by atoms with van der Waals surface area (Å²) in [6, 6.07) is 9.19.